The van der Waals surface area contributed by atoms with Crippen LogP contribution in [0.2, 0.25) is 0 Å². The summed E-state index contributed by atoms with van der Waals surface area (Å²) in [6.07, 6.45) is 3.05. The van der Waals surface area contributed by atoms with Gasteiger partial charge in [0, 0.05) is 6.54 Å². The Hall–Kier alpha value is -4.53. The molecule has 1 atom stereocenters. The maximum atomic E-state index is 14.1. The number of halogens is 1. The lowest BCUT2D eigenvalue weighted by atomic mass is 9.97. The van der Waals surface area contributed by atoms with Crippen molar-refractivity contribution in [2.75, 3.05) is 20.5 Å². The number of benzene rings is 3. The summed E-state index contributed by atoms with van der Waals surface area (Å²) in [7, 11) is 1.54. The number of nitrogens with zero attached hydrogens (tertiary/aromatic N) is 1. The summed E-state index contributed by atoms with van der Waals surface area (Å²) in [6.45, 7) is 2.96. The highest BCUT2D eigenvalue weighted by Crippen LogP contribution is 2.42. The maximum absolute atomic E-state index is 14.1. The molecule has 4 aromatic rings. The van der Waals surface area contributed by atoms with Gasteiger partial charge in [0.25, 0.3) is 5.91 Å². The molecular formula is C31H28FNO7. The van der Waals surface area contributed by atoms with Crippen molar-refractivity contribution in [3.05, 3.63) is 93.1 Å². The second-order valence-electron chi connectivity index (χ2n) is 9.80. The van der Waals surface area contributed by atoms with Gasteiger partial charge >= 0.3 is 0 Å². The molecule has 0 fully saturated rings. The van der Waals surface area contributed by atoms with E-state index in [1.165, 1.54) is 12.1 Å². The molecule has 1 amide bonds. The molecule has 6 rings (SSSR count). The minimum absolute atomic E-state index is 0.0614. The molecule has 8 nitrogen and oxygen atoms in total. The van der Waals surface area contributed by atoms with Gasteiger partial charge in [-0.25, -0.2) is 4.39 Å². The quantitative estimate of drug-likeness (QED) is 0.239. The topological polar surface area (TPSA) is 87.4 Å². The zero-order chi connectivity index (χ0) is 27.8. The van der Waals surface area contributed by atoms with Gasteiger partial charge in [0.15, 0.2) is 28.4 Å². The van der Waals surface area contributed by atoms with Crippen molar-refractivity contribution in [3.63, 3.8) is 0 Å². The van der Waals surface area contributed by atoms with E-state index in [1.54, 1.807) is 30.2 Å². The summed E-state index contributed by atoms with van der Waals surface area (Å²) >= 11 is 0. The summed E-state index contributed by atoms with van der Waals surface area (Å²) in [6, 6.07) is 13.7. The Morgan fingerprint density at radius 3 is 2.65 bits per heavy atom. The first kappa shape index (κ1) is 25.7. The Balaban J connectivity index is 1.45. The zero-order valence-corrected chi connectivity index (χ0v) is 22.2. The molecule has 0 N–H and O–H groups in total. The van der Waals surface area contributed by atoms with Gasteiger partial charge in [0.2, 0.25) is 12.6 Å². The van der Waals surface area contributed by atoms with Crippen molar-refractivity contribution in [3.8, 4) is 23.0 Å². The Morgan fingerprint density at radius 2 is 1.82 bits per heavy atom. The molecule has 206 valence electrons. The van der Waals surface area contributed by atoms with E-state index in [9.17, 15) is 14.0 Å². The van der Waals surface area contributed by atoms with Crippen LogP contribution in [0.1, 0.15) is 59.5 Å². The van der Waals surface area contributed by atoms with E-state index in [0.29, 0.717) is 35.2 Å². The van der Waals surface area contributed by atoms with Crippen LogP contribution in [0.4, 0.5) is 4.39 Å². The molecule has 0 spiro atoms. The fourth-order valence-electron chi connectivity index (χ4n) is 5.25. The third kappa shape index (κ3) is 4.51. The third-order valence-electron chi connectivity index (χ3n) is 7.23. The first-order chi connectivity index (χ1) is 19.5. The van der Waals surface area contributed by atoms with Crippen molar-refractivity contribution in [1.29, 1.82) is 0 Å². The van der Waals surface area contributed by atoms with Crippen molar-refractivity contribution >= 4 is 16.9 Å². The van der Waals surface area contributed by atoms with Gasteiger partial charge in [-0.1, -0.05) is 31.9 Å². The highest BCUT2D eigenvalue weighted by molar-refractivity contribution is 5.99. The summed E-state index contributed by atoms with van der Waals surface area (Å²) in [4.78, 5) is 29.2. The number of rotatable bonds is 9. The largest absolute Gasteiger partial charge is 0.493 e. The van der Waals surface area contributed by atoms with Gasteiger partial charge in [-0.05, 0) is 60.0 Å². The van der Waals surface area contributed by atoms with E-state index in [0.717, 1.165) is 30.9 Å². The van der Waals surface area contributed by atoms with Gasteiger partial charge in [-0.15, -0.1) is 0 Å². The number of fused-ring (bicyclic) bond motifs is 3. The van der Waals surface area contributed by atoms with Crippen LogP contribution in [0.15, 0.2) is 63.8 Å². The molecule has 2 aliphatic heterocycles. The van der Waals surface area contributed by atoms with Crippen molar-refractivity contribution in [1.82, 2.24) is 4.90 Å². The van der Waals surface area contributed by atoms with Gasteiger partial charge in [0.1, 0.15) is 11.4 Å². The molecule has 0 saturated heterocycles. The monoisotopic (exact) mass is 545 g/mol. The lowest BCUT2D eigenvalue weighted by Gasteiger charge is -2.26. The first-order valence-electron chi connectivity index (χ1n) is 13.2. The van der Waals surface area contributed by atoms with E-state index in [1.807, 2.05) is 18.2 Å². The molecule has 0 saturated carbocycles. The van der Waals surface area contributed by atoms with Crippen LogP contribution in [0.25, 0.3) is 11.0 Å². The molecule has 0 aliphatic carbocycles. The predicted octanol–water partition coefficient (Wildman–Crippen LogP) is 5.98. The molecule has 0 bridgehead atoms. The summed E-state index contributed by atoms with van der Waals surface area (Å²) in [5.74, 6) is 1.19. The van der Waals surface area contributed by atoms with Crippen molar-refractivity contribution < 1.29 is 32.5 Å². The lowest BCUT2D eigenvalue weighted by molar-refractivity contribution is 0.0714. The number of carbonyl (C=O) groups is 1. The summed E-state index contributed by atoms with van der Waals surface area (Å²) in [5.41, 5.74) is 1.26. The minimum atomic E-state index is -0.806. The van der Waals surface area contributed by atoms with Gasteiger partial charge in [-0.2, -0.15) is 0 Å². The minimum Gasteiger partial charge on any atom is -0.493 e. The fourth-order valence-corrected chi connectivity index (χ4v) is 5.25. The zero-order valence-electron chi connectivity index (χ0n) is 22.2. The summed E-state index contributed by atoms with van der Waals surface area (Å²) < 4.78 is 42.6. The predicted molar refractivity (Wildman–Crippen MR) is 145 cm³/mol. The third-order valence-corrected chi connectivity index (χ3v) is 7.23. The normalized spacial score (nSPS) is 15.5. The molecule has 9 heteroatoms. The van der Waals surface area contributed by atoms with E-state index in [2.05, 4.69) is 6.92 Å². The van der Waals surface area contributed by atoms with Gasteiger partial charge in [-0.3, -0.25) is 9.59 Å². The molecule has 1 aromatic heterocycles. The molecule has 3 heterocycles. The van der Waals surface area contributed by atoms with Crippen LogP contribution in [-0.4, -0.2) is 31.3 Å². The van der Waals surface area contributed by atoms with Crippen molar-refractivity contribution in [2.24, 2.45) is 0 Å². The molecule has 3 aromatic carbocycles. The van der Waals surface area contributed by atoms with Crippen LogP contribution >= 0.6 is 0 Å². The Labute approximate surface area is 229 Å². The highest BCUT2D eigenvalue weighted by Gasteiger charge is 2.43. The average molecular weight is 546 g/mol. The van der Waals surface area contributed by atoms with Gasteiger partial charge < -0.3 is 28.3 Å². The van der Waals surface area contributed by atoms with Crippen LogP contribution in [0, 0.1) is 5.82 Å². The first-order valence-corrected chi connectivity index (χ1v) is 13.2. The number of hydrogen-bond donors (Lipinski definition) is 0. The second kappa shape index (κ2) is 10.6. The van der Waals surface area contributed by atoms with Crippen molar-refractivity contribution in [2.45, 2.75) is 38.8 Å². The highest BCUT2D eigenvalue weighted by atomic mass is 19.1. The number of methoxy groups -OCH3 is 1. The van der Waals surface area contributed by atoms with Gasteiger partial charge in [0.05, 0.1) is 30.7 Å². The second-order valence-corrected chi connectivity index (χ2v) is 9.80. The van der Waals surface area contributed by atoms with Crippen LogP contribution in [-0.2, 0) is 6.54 Å². The lowest BCUT2D eigenvalue weighted by Crippen LogP contribution is -2.29. The average Bonchev–Trinajstić information content (AvgIpc) is 3.54. The molecule has 40 heavy (non-hydrogen) atoms. The molecule has 2 aliphatic rings. The summed E-state index contributed by atoms with van der Waals surface area (Å²) in [5, 5.41) is 0.0734. The van der Waals surface area contributed by atoms with E-state index >= 15 is 0 Å². The standard InChI is InChI=1S/C31H28FNO7/c1-3-4-5-12-37-23-10-7-19(14-25(23)36-2)28-27-29(34)21-15-20(32)8-11-22(21)40-30(27)31(35)33(28)16-18-6-9-24-26(13-18)39-17-38-24/h6-11,13-15,28H,3-5,12,16-17H2,1-2H3/t28-/m0/s1. The van der Waals surface area contributed by atoms with Crippen LogP contribution in [0.5, 0.6) is 23.0 Å². The maximum Gasteiger partial charge on any atom is 0.291 e. The molecule has 0 radical (unpaired) electrons. The number of hydrogen-bond acceptors (Lipinski definition) is 7. The van der Waals surface area contributed by atoms with Crippen LogP contribution < -0.4 is 24.4 Å². The Kier molecular flexibility index (Phi) is 6.79. The Bertz CT molecular complexity index is 1660. The number of unbranched alkanes of at least 4 members (excludes halogenated alkanes) is 2. The number of carbonyl (C=O) groups excluding carboxylic acids is 1. The SMILES string of the molecule is CCCCCOc1ccc([C@H]2c3c(oc4ccc(F)cc4c3=O)C(=O)N2Cc2ccc3c(c2)OCO3)cc1OC. The molecule has 0 unspecified atom stereocenters. The number of ether oxygens (including phenoxy) is 4. The van der Waals surface area contributed by atoms with E-state index in [4.69, 9.17) is 23.4 Å². The smallest absolute Gasteiger partial charge is 0.291 e. The fraction of sp³-hybridized carbons (Fsp3) is 0.290. The van der Waals surface area contributed by atoms with E-state index < -0.39 is 23.2 Å². The van der Waals surface area contributed by atoms with E-state index in [-0.39, 0.29) is 35.6 Å². The number of amides is 1. The Morgan fingerprint density at radius 1 is 0.975 bits per heavy atom. The molecular weight excluding hydrogens is 517 g/mol. The van der Waals surface area contributed by atoms with Crippen LogP contribution in [0.3, 0.4) is 0 Å².